The molecular formula is C12H21N3O4S. The molecule has 8 heteroatoms. The first-order valence-electron chi connectivity index (χ1n) is 6.67. The van der Waals surface area contributed by atoms with Crippen molar-refractivity contribution in [3.8, 4) is 0 Å². The van der Waals surface area contributed by atoms with Crippen molar-refractivity contribution in [2.24, 2.45) is 0 Å². The summed E-state index contributed by atoms with van der Waals surface area (Å²) in [7, 11) is 0. The maximum Gasteiger partial charge on any atom is 0.322 e. The fourth-order valence-corrected chi connectivity index (χ4v) is 3.32. The Balaban J connectivity index is 2.22. The number of hydrogen-bond donors (Lipinski definition) is 4. The molecule has 1 aliphatic carbocycles. The van der Waals surface area contributed by atoms with Crippen LogP contribution in [0.25, 0.3) is 0 Å². The molecule has 0 bridgehead atoms. The van der Waals surface area contributed by atoms with Gasteiger partial charge in [0.25, 0.3) is 0 Å². The highest BCUT2D eigenvalue weighted by Crippen LogP contribution is 2.29. The molecule has 0 spiro atoms. The van der Waals surface area contributed by atoms with Gasteiger partial charge in [0.15, 0.2) is 0 Å². The van der Waals surface area contributed by atoms with Crippen LogP contribution in [0.3, 0.4) is 0 Å². The molecule has 0 aromatic rings. The number of aliphatic carboxylic acids is 1. The third-order valence-corrected chi connectivity index (χ3v) is 4.32. The van der Waals surface area contributed by atoms with Gasteiger partial charge in [-0.1, -0.05) is 13.3 Å². The lowest BCUT2D eigenvalue weighted by Crippen LogP contribution is -2.47. The first kappa shape index (κ1) is 16.6. The number of urea groups is 1. The highest BCUT2D eigenvalue weighted by molar-refractivity contribution is 7.99. The van der Waals surface area contributed by atoms with Crippen molar-refractivity contribution in [1.82, 2.24) is 16.0 Å². The van der Waals surface area contributed by atoms with Gasteiger partial charge < -0.3 is 21.1 Å². The molecule has 0 saturated heterocycles. The summed E-state index contributed by atoms with van der Waals surface area (Å²) >= 11 is 1.84. The number of carbonyl (C=O) groups is 3. The van der Waals surface area contributed by atoms with E-state index in [-0.39, 0.29) is 18.6 Å². The fourth-order valence-electron chi connectivity index (χ4n) is 2.12. The van der Waals surface area contributed by atoms with E-state index in [1.807, 2.05) is 11.8 Å². The Morgan fingerprint density at radius 2 is 1.95 bits per heavy atom. The van der Waals surface area contributed by atoms with Crippen LogP contribution in [0, 0.1) is 0 Å². The van der Waals surface area contributed by atoms with Crippen LogP contribution in [0.15, 0.2) is 0 Å². The fraction of sp³-hybridized carbons (Fsp3) is 0.750. The third-order valence-electron chi connectivity index (χ3n) is 3.00. The normalized spacial score (nSPS) is 21.2. The second-order valence-corrected chi connectivity index (χ2v) is 6.04. The number of amides is 3. The van der Waals surface area contributed by atoms with Gasteiger partial charge >= 0.3 is 12.0 Å². The SMILES string of the molecule is CCSC1CCCC1NC(=O)NCC(=O)NCC(=O)O. The predicted molar refractivity (Wildman–Crippen MR) is 76.7 cm³/mol. The van der Waals surface area contributed by atoms with E-state index in [0.717, 1.165) is 25.0 Å². The molecule has 0 aromatic carbocycles. The monoisotopic (exact) mass is 303 g/mol. The molecule has 1 rings (SSSR count). The van der Waals surface area contributed by atoms with E-state index in [1.165, 1.54) is 0 Å². The Morgan fingerprint density at radius 1 is 1.20 bits per heavy atom. The van der Waals surface area contributed by atoms with E-state index >= 15 is 0 Å². The summed E-state index contributed by atoms with van der Waals surface area (Å²) in [5, 5.41) is 16.3. The third kappa shape index (κ3) is 6.14. The number of thioether (sulfide) groups is 1. The van der Waals surface area contributed by atoms with Gasteiger partial charge in [-0.15, -0.1) is 0 Å². The maximum absolute atomic E-state index is 11.7. The van der Waals surface area contributed by atoms with Crippen molar-refractivity contribution in [2.75, 3.05) is 18.8 Å². The van der Waals surface area contributed by atoms with Crippen molar-refractivity contribution in [3.63, 3.8) is 0 Å². The highest BCUT2D eigenvalue weighted by Gasteiger charge is 2.28. The molecule has 4 N–H and O–H groups in total. The highest BCUT2D eigenvalue weighted by atomic mass is 32.2. The Morgan fingerprint density at radius 3 is 2.60 bits per heavy atom. The minimum absolute atomic E-state index is 0.141. The van der Waals surface area contributed by atoms with E-state index in [0.29, 0.717) is 5.25 Å². The Labute approximate surface area is 122 Å². The van der Waals surface area contributed by atoms with Crippen LogP contribution < -0.4 is 16.0 Å². The van der Waals surface area contributed by atoms with Crippen LogP contribution in [0.1, 0.15) is 26.2 Å². The molecule has 0 aromatic heterocycles. The molecule has 7 nitrogen and oxygen atoms in total. The molecular weight excluding hydrogens is 282 g/mol. The van der Waals surface area contributed by atoms with Gasteiger partial charge in [-0.25, -0.2) is 4.79 Å². The largest absolute Gasteiger partial charge is 0.480 e. The van der Waals surface area contributed by atoms with Gasteiger partial charge in [0, 0.05) is 11.3 Å². The van der Waals surface area contributed by atoms with Crippen LogP contribution in [0.4, 0.5) is 4.79 Å². The lowest BCUT2D eigenvalue weighted by molar-refractivity contribution is -0.137. The van der Waals surface area contributed by atoms with Gasteiger partial charge in [-0.2, -0.15) is 11.8 Å². The number of carboxylic acids is 1. The summed E-state index contributed by atoms with van der Waals surface area (Å²) in [4.78, 5) is 33.2. The number of carboxylic acid groups (broad SMARTS) is 1. The van der Waals surface area contributed by atoms with Gasteiger partial charge in [-0.3, -0.25) is 9.59 Å². The van der Waals surface area contributed by atoms with Crippen molar-refractivity contribution in [2.45, 2.75) is 37.5 Å². The lowest BCUT2D eigenvalue weighted by Gasteiger charge is -2.20. The second kappa shape index (κ2) is 8.68. The summed E-state index contributed by atoms with van der Waals surface area (Å²) in [6.45, 7) is 1.42. The number of hydrogen-bond acceptors (Lipinski definition) is 4. The minimum atomic E-state index is -1.12. The lowest BCUT2D eigenvalue weighted by atomic mass is 10.2. The van der Waals surface area contributed by atoms with Crippen LogP contribution in [0.2, 0.25) is 0 Å². The number of rotatable bonds is 7. The van der Waals surface area contributed by atoms with E-state index in [4.69, 9.17) is 5.11 Å². The Bertz CT molecular complexity index is 365. The Hall–Kier alpha value is -1.44. The molecule has 0 heterocycles. The van der Waals surface area contributed by atoms with E-state index in [1.54, 1.807) is 0 Å². The number of nitrogens with one attached hydrogen (secondary N) is 3. The molecule has 1 aliphatic rings. The molecule has 3 amide bonds. The summed E-state index contributed by atoms with van der Waals surface area (Å²) in [6.07, 6.45) is 3.15. The predicted octanol–water partition coefficient (Wildman–Crippen LogP) is 0.161. The Kier molecular flexibility index (Phi) is 7.21. The number of carbonyl (C=O) groups excluding carboxylic acids is 2. The van der Waals surface area contributed by atoms with Gasteiger partial charge in [0.05, 0.1) is 6.54 Å². The van der Waals surface area contributed by atoms with Crippen LogP contribution in [-0.2, 0) is 9.59 Å². The zero-order valence-corrected chi connectivity index (χ0v) is 12.3. The van der Waals surface area contributed by atoms with E-state index in [9.17, 15) is 14.4 Å². The topological polar surface area (TPSA) is 108 Å². The average molecular weight is 303 g/mol. The van der Waals surface area contributed by atoms with Crippen molar-refractivity contribution in [1.29, 1.82) is 0 Å². The quantitative estimate of drug-likeness (QED) is 0.536. The second-order valence-electron chi connectivity index (χ2n) is 4.53. The molecule has 1 saturated carbocycles. The zero-order chi connectivity index (χ0) is 15.0. The van der Waals surface area contributed by atoms with Gasteiger partial charge in [0.1, 0.15) is 6.54 Å². The zero-order valence-electron chi connectivity index (χ0n) is 11.5. The molecule has 0 aliphatic heterocycles. The van der Waals surface area contributed by atoms with Crippen LogP contribution >= 0.6 is 11.8 Å². The van der Waals surface area contributed by atoms with Crippen molar-refractivity contribution >= 4 is 29.7 Å². The standard InChI is InChI=1S/C12H21N3O4S/c1-2-20-9-5-3-4-8(9)15-12(19)14-6-10(16)13-7-11(17)18/h8-9H,2-7H2,1H3,(H,13,16)(H,17,18)(H2,14,15,19). The van der Waals surface area contributed by atoms with Gasteiger partial charge in [-0.05, 0) is 18.6 Å². The van der Waals surface area contributed by atoms with Gasteiger partial charge in [0.2, 0.25) is 5.91 Å². The maximum atomic E-state index is 11.7. The molecule has 114 valence electrons. The summed E-state index contributed by atoms with van der Waals surface area (Å²) < 4.78 is 0. The molecule has 20 heavy (non-hydrogen) atoms. The molecule has 0 radical (unpaired) electrons. The first-order chi connectivity index (χ1) is 9.52. The molecule has 1 fully saturated rings. The molecule has 2 atom stereocenters. The average Bonchev–Trinajstić information content (AvgIpc) is 2.82. The van der Waals surface area contributed by atoms with Crippen LogP contribution in [-0.4, -0.2) is 53.1 Å². The minimum Gasteiger partial charge on any atom is -0.480 e. The van der Waals surface area contributed by atoms with Crippen LogP contribution in [0.5, 0.6) is 0 Å². The summed E-state index contributed by atoms with van der Waals surface area (Å²) in [5.41, 5.74) is 0. The first-order valence-corrected chi connectivity index (χ1v) is 7.72. The summed E-state index contributed by atoms with van der Waals surface area (Å²) in [6, 6.07) is -0.244. The van der Waals surface area contributed by atoms with E-state index in [2.05, 4.69) is 22.9 Å². The van der Waals surface area contributed by atoms with Crippen molar-refractivity contribution in [3.05, 3.63) is 0 Å². The molecule has 2 unspecified atom stereocenters. The van der Waals surface area contributed by atoms with Crippen molar-refractivity contribution < 1.29 is 19.5 Å². The smallest absolute Gasteiger partial charge is 0.322 e. The van der Waals surface area contributed by atoms with E-state index < -0.39 is 18.4 Å². The summed E-state index contributed by atoms with van der Waals surface area (Å²) in [5.74, 6) is -0.621.